The highest BCUT2D eigenvalue weighted by Gasteiger charge is 2.11. The molecule has 5 nitrogen and oxygen atoms in total. The number of rotatable bonds is 7. The molecule has 0 aliphatic rings. The molecular formula is C23H22N2O3. The highest BCUT2D eigenvalue weighted by Crippen LogP contribution is 2.14. The van der Waals surface area contributed by atoms with Crippen molar-refractivity contribution in [3.63, 3.8) is 0 Å². The Morgan fingerprint density at radius 3 is 2.11 bits per heavy atom. The maximum Gasteiger partial charge on any atom is 0.262 e. The molecular weight excluding hydrogens is 352 g/mol. The first-order chi connectivity index (χ1) is 13.6. The van der Waals surface area contributed by atoms with Crippen LogP contribution >= 0.6 is 0 Å². The number of hydrogen-bond acceptors (Lipinski definition) is 3. The van der Waals surface area contributed by atoms with E-state index in [1.165, 1.54) is 0 Å². The summed E-state index contributed by atoms with van der Waals surface area (Å²) in [6, 6.07) is 25.6. The van der Waals surface area contributed by atoms with Crippen molar-refractivity contribution in [2.45, 2.75) is 13.0 Å². The second-order valence-electron chi connectivity index (χ2n) is 6.33. The van der Waals surface area contributed by atoms with Crippen LogP contribution in [0.1, 0.15) is 28.9 Å². The molecule has 28 heavy (non-hydrogen) atoms. The van der Waals surface area contributed by atoms with Gasteiger partial charge in [0.15, 0.2) is 6.61 Å². The van der Waals surface area contributed by atoms with E-state index in [0.29, 0.717) is 17.0 Å². The predicted molar refractivity (Wildman–Crippen MR) is 109 cm³/mol. The third-order valence-electron chi connectivity index (χ3n) is 4.19. The minimum atomic E-state index is -0.265. The summed E-state index contributed by atoms with van der Waals surface area (Å²) in [7, 11) is 0. The fourth-order valence-electron chi connectivity index (χ4n) is 2.67. The van der Waals surface area contributed by atoms with Crippen LogP contribution in [0, 0.1) is 0 Å². The fraction of sp³-hybridized carbons (Fsp3) is 0.130. The fourth-order valence-corrected chi connectivity index (χ4v) is 2.67. The highest BCUT2D eigenvalue weighted by molar-refractivity contribution is 5.96. The maximum absolute atomic E-state index is 12.4. The Morgan fingerprint density at radius 1 is 0.857 bits per heavy atom. The molecule has 0 heterocycles. The molecule has 2 N–H and O–H groups in total. The number of nitrogens with one attached hydrogen (secondary N) is 2. The zero-order valence-electron chi connectivity index (χ0n) is 15.6. The lowest BCUT2D eigenvalue weighted by Crippen LogP contribution is -2.26. The van der Waals surface area contributed by atoms with Crippen molar-refractivity contribution in [3.05, 3.63) is 96.1 Å². The number of ether oxygens (including phenoxy) is 1. The third-order valence-corrected chi connectivity index (χ3v) is 4.19. The molecule has 142 valence electrons. The van der Waals surface area contributed by atoms with E-state index in [1.54, 1.807) is 36.4 Å². The lowest BCUT2D eigenvalue weighted by molar-refractivity contribution is -0.118. The summed E-state index contributed by atoms with van der Waals surface area (Å²) in [4.78, 5) is 24.4. The highest BCUT2D eigenvalue weighted by atomic mass is 16.5. The molecule has 0 bridgehead atoms. The molecule has 0 radical (unpaired) electrons. The summed E-state index contributed by atoms with van der Waals surface area (Å²) in [6.07, 6.45) is 0. The van der Waals surface area contributed by atoms with E-state index < -0.39 is 0 Å². The first kappa shape index (κ1) is 19.2. The summed E-state index contributed by atoms with van der Waals surface area (Å²) >= 11 is 0. The van der Waals surface area contributed by atoms with Crippen molar-refractivity contribution >= 4 is 17.5 Å². The molecule has 0 fully saturated rings. The van der Waals surface area contributed by atoms with E-state index in [0.717, 1.165) is 5.56 Å². The molecule has 3 aromatic rings. The summed E-state index contributed by atoms with van der Waals surface area (Å²) in [5.41, 5.74) is 2.17. The van der Waals surface area contributed by atoms with Crippen molar-refractivity contribution in [3.8, 4) is 5.75 Å². The summed E-state index contributed by atoms with van der Waals surface area (Å²) in [6.45, 7) is 1.86. The van der Waals surface area contributed by atoms with Gasteiger partial charge in [-0.05, 0) is 48.9 Å². The molecule has 1 atom stereocenters. The van der Waals surface area contributed by atoms with Crippen molar-refractivity contribution in [1.82, 2.24) is 5.32 Å². The topological polar surface area (TPSA) is 67.4 Å². The van der Waals surface area contributed by atoms with Gasteiger partial charge in [-0.1, -0.05) is 48.5 Å². The second kappa shape index (κ2) is 9.37. The average Bonchev–Trinajstić information content (AvgIpc) is 2.74. The minimum Gasteiger partial charge on any atom is -0.484 e. The average molecular weight is 374 g/mol. The molecule has 0 spiro atoms. The van der Waals surface area contributed by atoms with Gasteiger partial charge in [0.1, 0.15) is 5.75 Å². The van der Waals surface area contributed by atoms with Crippen LogP contribution in [0.25, 0.3) is 0 Å². The van der Waals surface area contributed by atoms with E-state index in [9.17, 15) is 9.59 Å². The predicted octanol–water partition coefficient (Wildman–Crippen LogP) is 4.20. The summed E-state index contributed by atoms with van der Waals surface area (Å²) < 4.78 is 5.41. The Kier molecular flexibility index (Phi) is 6.41. The van der Waals surface area contributed by atoms with Gasteiger partial charge in [-0.3, -0.25) is 9.59 Å². The number of anilines is 1. The van der Waals surface area contributed by atoms with Crippen LogP contribution in [0.2, 0.25) is 0 Å². The van der Waals surface area contributed by atoms with Crippen molar-refractivity contribution in [2.75, 3.05) is 11.9 Å². The van der Waals surface area contributed by atoms with Crippen LogP contribution in [0.5, 0.6) is 5.75 Å². The standard InChI is InChI=1S/C23H22N2O3/c1-17(18-8-4-2-5-9-18)24-23(27)19-12-14-20(15-13-19)25-22(26)16-28-21-10-6-3-7-11-21/h2-15,17H,16H2,1H3,(H,24,27)(H,25,26). The number of hydrogen-bond donors (Lipinski definition) is 2. The Morgan fingerprint density at radius 2 is 1.46 bits per heavy atom. The molecule has 2 amide bonds. The molecule has 5 heteroatoms. The first-order valence-corrected chi connectivity index (χ1v) is 9.05. The molecule has 0 aliphatic heterocycles. The Labute approximate surface area is 164 Å². The van der Waals surface area contributed by atoms with Gasteiger partial charge in [0, 0.05) is 11.3 Å². The van der Waals surface area contributed by atoms with Crippen molar-refractivity contribution < 1.29 is 14.3 Å². The van der Waals surface area contributed by atoms with E-state index >= 15 is 0 Å². The number of para-hydroxylation sites is 1. The zero-order valence-corrected chi connectivity index (χ0v) is 15.6. The number of carbonyl (C=O) groups is 2. The van der Waals surface area contributed by atoms with Gasteiger partial charge < -0.3 is 15.4 Å². The second-order valence-corrected chi connectivity index (χ2v) is 6.33. The molecule has 1 unspecified atom stereocenters. The Hall–Kier alpha value is -3.60. The lowest BCUT2D eigenvalue weighted by atomic mass is 10.1. The molecule has 0 saturated heterocycles. The molecule has 3 rings (SSSR count). The minimum absolute atomic E-state index is 0.0825. The van der Waals surface area contributed by atoms with Gasteiger partial charge in [0.2, 0.25) is 0 Å². The van der Waals surface area contributed by atoms with E-state index in [1.807, 2.05) is 55.5 Å². The van der Waals surface area contributed by atoms with E-state index in [2.05, 4.69) is 10.6 Å². The number of benzene rings is 3. The van der Waals surface area contributed by atoms with Crippen LogP contribution < -0.4 is 15.4 Å². The molecule has 0 aromatic heterocycles. The van der Waals surface area contributed by atoms with Gasteiger partial charge in [0.05, 0.1) is 6.04 Å². The summed E-state index contributed by atoms with van der Waals surface area (Å²) in [5, 5.41) is 5.71. The van der Waals surface area contributed by atoms with Gasteiger partial charge in [-0.15, -0.1) is 0 Å². The van der Waals surface area contributed by atoms with Gasteiger partial charge in [-0.25, -0.2) is 0 Å². The zero-order chi connectivity index (χ0) is 19.8. The van der Waals surface area contributed by atoms with Gasteiger partial charge >= 0.3 is 0 Å². The first-order valence-electron chi connectivity index (χ1n) is 9.05. The monoisotopic (exact) mass is 374 g/mol. The number of carbonyl (C=O) groups excluding carboxylic acids is 2. The van der Waals surface area contributed by atoms with Crippen molar-refractivity contribution in [2.24, 2.45) is 0 Å². The van der Waals surface area contributed by atoms with Crippen LogP contribution in [0.4, 0.5) is 5.69 Å². The Balaban J connectivity index is 1.51. The smallest absolute Gasteiger partial charge is 0.262 e. The molecule has 0 saturated carbocycles. The third kappa shape index (κ3) is 5.45. The summed E-state index contributed by atoms with van der Waals surface area (Å²) in [5.74, 6) is 0.206. The molecule has 0 aliphatic carbocycles. The van der Waals surface area contributed by atoms with Gasteiger partial charge in [-0.2, -0.15) is 0 Å². The lowest BCUT2D eigenvalue weighted by Gasteiger charge is -2.14. The SMILES string of the molecule is CC(NC(=O)c1ccc(NC(=O)COc2ccccc2)cc1)c1ccccc1. The van der Waals surface area contributed by atoms with Crippen molar-refractivity contribution in [1.29, 1.82) is 0 Å². The van der Waals surface area contributed by atoms with Crippen LogP contribution in [0.3, 0.4) is 0 Å². The van der Waals surface area contributed by atoms with Gasteiger partial charge in [0.25, 0.3) is 11.8 Å². The molecule has 3 aromatic carbocycles. The largest absolute Gasteiger partial charge is 0.484 e. The normalized spacial score (nSPS) is 11.3. The maximum atomic E-state index is 12.4. The quantitative estimate of drug-likeness (QED) is 0.651. The van der Waals surface area contributed by atoms with E-state index in [4.69, 9.17) is 4.74 Å². The van der Waals surface area contributed by atoms with Crippen LogP contribution in [0.15, 0.2) is 84.9 Å². The van der Waals surface area contributed by atoms with Crippen LogP contribution in [-0.4, -0.2) is 18.4 Å². The van der Waals surface area contributed by atoms with Crippen LogP contribution in [-0.2, 0) is 4.79 Å². The Bertz CT molecular complexity index is 910. The van der Waals surface area contributed by atoms with E-state index in [-0.39, 0.29) is 24.5 Å². The number of amides is 2.